The van der Waals surface area contributed by atoms with Crippen LogP contribution in [0, 0.1) is 12.7 Å². The second-order valence-corrected chi connectivity index (χ2v) is 5.61. The molecule has 0 aliphatic carbocycles. The van der Waals surface area contributed by atoms with Crippen molar-refractivity contribution >= 4 is 29.1 Å². The molecule has 2 aromatic rings. The maximum Gasteiger partial charge on any atom is 0.251 e. The van der Waals surface area contributed by atoms with Gasteiger partial charge < -0.3 is 10.6 Å². The number of carbonyl (C=O) groups is 2. The second-order valence-electron chi connectivity index (χ2n) is 5.17. The Hall–Kier alpha value is -2.40. The molecule has 6 heteroatoms. The van der Waals surface area contributed by atoms with E-state index in [0.29, 0.717) is 10.6 Å². The summed E-state index contributed by atoms with van der Waals surface area (Å²) in [7, 11) is 0. The van der Waals surface area contributed by atoms with E-state index in [-0.39, 0.29) is 5.69 Å². The lowest BCUT2D eigenvalue weighted by Crippen LogP contribution is -2.41. The quantitative estimate of drug-likeness (QED) is 0.898. The summed E-state index contributed by atoms with van der Waals surface area (Å²) in [5.74, 6) is -1.43. The van der Waals surface area contributed by atoms with E-state index in [0.717, 1.165) is 5.56 Å². The van der Waals surface area contributed by atoms with Gasteiger partial charge in [-0.15, -0.1) is 0 Å². The molecule has 0 spiro atoms. The van der Waals surface area contributed by atoms with Gasteiger partial charge in [0.25, 0.3) is 5.91 Å². The van der Waals surface area contributed by atoms with Gasteiger partial charge in [-0.2, -0.15) is 0 Å². The lowest BCUT2D eigenvalue weighted by molar-refractivity contribution is -0.117. The molecule has 0 radical (unpaired) electrons. The minimum Gasteiger partial charge on any atom is -0.341 e. The van der Waals surface area contributed by atoms with Crippen LogP contribution in [0.5, 0.6) is 0 Å². The molecule has 0 aliphatic heterocycles. The predicted octanol–water partition coefficient (Wildman–Crippen LogP) is 3.54. The van der Waals surface area contributed by atoms with Crippen LogP contribution in [0.25, 0.3) is 0 Å². The first kappa shape index (κ1) is 17.0. The van der Waals surface area contributed by atoms with Crippen molar-refractivity contribution in [3.8, 4) is 0 Å². The Labute approximate surface area is 138 Å². The standard InChI is InChI=1S/C17H16ClFN2O2/c1-10-3-8-15(14(19)9-10)21-16(22)11(2)20-17(23)12-4-6-13(18)7-5-12/h3-9,11H,1-2H3,(H,20,23)(H,21,22). The fraction of sp³-hybridized carbons (Fsp3) is 0.176. The summed E-state index contributed by atoms with van der Waals surface area (Å²) in [5.41, 5.74) is 1.22. The van der Waals surface area contributed by atoms with Crippen molar-refractivity contribution in [1.29, 1.82) is 0 Å². The first-order valence-electron chi connectivity index (χ1n) is 7.00. The Morgan fingerprint density at radius 2 is 1.78 bits per heavy atom. The highest BCUT2D eigenvalue weighted by Crippen LogP contribution is 2.15. The Morgan fingerprint density at radius 1 is 1.13 bits per heavy atom. The third-order valence-corrected chi connectivity index (χ3v) is 3.48. The first-order chi connectivity index (χ1) is 10.9. The molecule has 2 aromatic carbocycles. The van der Waals surface area contributed by atoms with Gasteiger partial charge in [0.2, 0.25) is 5.91 Å². The molecular weight excluding hydrogens is 319 g/mol. The van der Waals surface area contributed by atoms with Gasteiger partial charge in [0.05, 0.1) is 5.69 Å². The Kier molecular flexibility index (Phi) is 5.34. The number of carbonyl (C=O) groups excluding carboxylic acids is 2. The van der Waals surface area contributed by atoms with Gasteiger partial charge in [0.1, 0.15) is 11.9 Å². The molecule has 120 valence electrons. The number of benzene rings is 2. The lowest BCUT2D eigenvalue weighted by atomic mass is 10.2. The predicted molar refractivity (Wildman–Crippen MR) is 88.1 cm³/mol. The topological polar surface area (TPSA) is 58.2 Å². The molecule has 2 rings (SSSR count). The molecule has 0 saturated carbocycles. The van der Waals surface area contributed by atoms with Crippen LogP contribution < -0.4 is 10.6 Å². The Balaban J connectivity index is 1.99. The van der Waals surface area contributed by atoms with E-state index in [4.69, 9.17) is 11.6 Å². The molecule has 0 bridgehead atoms. The monoisotopic (exact) mass is 334 g/mol. The van der Waals surface area contributed by atoms with E-state index in [9.17, 15) is 14.0 Å². The van der Waals surface area contributed by atoms with Crippen molar-refractivity contribution < 1.29 is 14.0 Å². The zero-order valence-electron chi connectivity index (χ0n) is 12.7. The first-order valence-corrected chi connectivity index (χ1v) is 7.38. The molecule has 0 saturated heterocycles. The molecule has 1 atom stereocenters. The summed E-state index contributed by atoms with van der Waals surface area (Å²) in [5, 5.41) is 5.52. The fourth-order valence-electron chi connectivity index (χ4n) is 1.91. The number of aryl methyl sites for hydroxylation is 1. The Morgan fingerprint density at radius 3 is 2.39 bits per heavy atom. The highest BCUT2D eigenvalue weighted by molar-refractivity contribution is 6.30. The van der Waals surface area contributed by atoms with E-state index in [2.05, 4.69) is 10.6 Å². The number of anilines is 1. The normalized spacial score (nSPS) is 11.7. The van der Waals surface area contributed by atoms with Gasteiger partial charge in [-0.05, 0) is 55.8 Å². The number of rotatable bonds is 4. The SMILES string of the molecule is Cc1ccc(NC(=O)C(C)NC(=O)c2ccc(Cl)cc2)c(F)c1. The second kappa shape index (κ2) is 7.24. The van der Waals surface area contributed by atoms with Crippen molar-refractivity contribution in [3.05, 3.63) is 64.4 Å². The number of hydrogen-bond acceptors (Lipinski definition) is 2. The van der Waals surface area contributed by atoms with Crippen molar-refractivity contribution in [3.63, 3.8) is 0 Å². The van der Waals surface area contributed by atoms with Gasteiger partial charge >= 0.3 is 0 Å². The lowest BCUT2D eigenvalue weighted by Gasteiger charge is -2.15. The highest BCUT2D eigenvalue weighted by atomic mass is 35.5. The molecule has 0 fully saturated rings. The minimum atomic E-state index is -0.820. The van der Waals surface area contributed by atoms with Crippen molar-refractivity contribution in [2.45, 2.75) is 19.9 Å². The molecule has 2 amide bonds. The van der Waals surface area contributed by atoms with E-state index < -0.39 is 23.7 Å². The minimum absolute atomic E-state index is 0.0770. The molecule has 23 heavy (non-hydrogen) atoms. The number of hydrogen-bond donors (Lipinski definition) is 2. The van der Waals surface area contributed by atoms with E-state index in [1.165, 1.54) is 19.1 Å². The van der Waals surface area contributed by atoms with E-state index in [1.54, 1.807) is 37.3 Å². The molecule has 0 aliphatic rings. The van der Waals surface area contributed by atoms with E-state index >= 15 is 0 Å². The molecule has 4 nitrogen and oxygen atoms in total. The Bertz CT molecular complexity index is 732. The number of amides is 2. The van der Waals surface area contributed by atoms with Crippen LogP contribution in [0.4, 0.5) is 10.1 Å². The largest absolute Gasteiger partial charge is 0.341 e. The van der Waals surface area contributed by atoms with Crippen LogP contribution in [0.3, 0.4) is 0 Å². The smallest absolute Gasteiger partial charge is 0.251 e. The zero-order valence-corrected chi connectivity index (χ0v) is 13.4. The molecule has 2 N–H and O–H groups in total. The zero-order chi connectivity index (χ0) is 17.0. The van der Waals surface area contributed by atoms with Crippen molar-refractivity contribution in [2.24, 2.45) is 0 Å². The van der Waals surface area contributed by atoms with Gasteiger partial charge in [-0.1, -0.05) is 17.7 Å². The maximum atomic E-state index is 13.7. The number of nitrogens with one attached hydrogen (secondary N) is 2. The van der Waals surface area contributed by atoms with Gasteiger partial charge in [0.15, 0.2) is 0 Å². The van der Waals surface area contributed by atoms with Crippen LogP contribution in [-0.2, 0) is 4.79 Å². The van der Waals surface area contributed by atoms with Crippen LogP contribution in [0.1, 0.15) is 22.8 Å². The summed E-state index contributed by atoms with van der Waals surface area (Å²) >= 11 is 5.76. The number of halogens is 2. The van der Waals surface area contributed by atoms with Crippen LogP contribution >= 0.6 is 11.6 Å². The molecule has 1 unspecified atom stereocenters. The molecule has 0 heterocycles. The third kappa shape index (κ3) is 4.53. The summed E-state index contributed by atoms with van der Waals surface area (Å²) in [4.78, 5) is 24.1. The average Bonchev–Trinajstić information content (AvgIpc) is 2.50. The molecule has 0 aromatic heterocycles. The molecular formula is C17H16ClFN2O2. The average molecular weight is 335 g/mol. The highest BCUT2D eigenvalue weighted by Gasteiger charge is 2.18. The third-order valence-electron chi connectivity index (χ3n) is 3.23. The van der Waals surface area contributed by atoms with Crippen LogP contribution in [0.2, 0.25) is 5.02 Å². The van der Waals surface area contributed by atoms with Gasteiger partial charge in [-0.25, -0.2) is 4.39 Å². The van der Waals surface area contributed by atoms with Crippen molar-refractivity contribution in [2.75, 3.05) is 5.32 Å². The summed E-state index contributed by atoms with van der Waals surface area (Å²) in [6, 6.07) is 9.97. The summed E-state index contributed by atoms with van der Waals surface area (Å²) in [6.45, 7) is 3.28. The van der Waals surface area contributed by atoms with Crippen LogP contribution in [0.15, 0.2) is 42.5 Å². The van der Waals surface area contributed by atoms with Crippen LogP contribution in [-0.4, -0.2) is 17.9 Å². The maximum absolute atomic E-state index is 13.7. The van der Waals surface area contributed by atoms with Crippen molar-refractivity contribution in [1.82, 2.24) is 5.32 Å². The van der Waals surface area contributed by atoms with Gasteiger partial charge in [-0.3, -0.25) is 9.59 Å². The summed E-state index contributed by atoms with van der Waals surface area (Å²) < 4.78 is 13.7. The van der Waals surface area contributed by atoms with E-state index in [1.807, 2.05) is 0 Å². The summed E-state index contributed by atoms with van der Waals surface area (Å²) in [6.07, 6.45) is 0. The van der Waals surface area contributed by atoms with Gasteiger partial charge in [0, 0.05) is 10.6 Å². The fourth-order valence-corrected chi connectivity index (χ4v) is 2.04.